The minimum absolute atomic E-state index is 0.0678. The maximum absolute atomic E-state index is 11.6. The molecule has 4 heteroatoms. The summed E-state index contributed by atoms with van der Waals surface area (Å²) in [5.41, 5.74) is 0.530. The van der Waals surface area contributed by atoms with Crippen LogP contribution in [0.1, 0.15) is 28.8 Å². The molecule has 0 aliphatic rings. The zero-order valence-corrected chi connectivity index (χ0v) is 8.63. The van der Waals surface area contributed by atoms with Crippen LogP contribution in [-0.4, -0.2) is 23.7 Å². The summed E-state index contributed by atoms with van der Waals surface area (Å²) < 4.78 is 5.23. The summed E-state index contributed by atoms with van der Waals surface area (Å²) in [7, 11) is 0. The molecule has 0 unspecified atom stereocenters. The fraction of sp³-hybridized carbons (Fsp3) is 0.500. The molecule has 0 fully saturated rings. The van der Waals surface area contributed by atoms with Crippen molar-refractivity contribution in [1.29, 1.82) is 0 Å². The molecule has 2 N–H and O–H groups in total. The number of furan rings is 1. The Bertz CT molecular complexity index is 330. The largest absolute Gasteiger partial charge is 0.466 e. The number of carbonyl (C=O) groups is 1. The van der Waals surface area contributed by atoms with E-state index in [4.69, 9.17) is 9.52 Å². The first-order chi connectivity index (χ1) is 6.54. The lowest BCUT2D eigenvalue weighted by molar-refractivity contribution is 0.0921. The van der Waals surface area contributed by atoms with E-state index < -0.39 is 0 Å². The third-order valence-corrected chi connectivity index (χ3v) is 1.94. The molecule has 0 aliphatic carbocycles. The van der Waals surface area contributed by atoms with Crippen molar-refractivity contribution in [2.24, 2.45) is 0 Å². The van der Waals surface area contributed by atoms with Crippen molar-refractivity contribution in [1.82, 2.24) is 5.32 Å². The molecule has 4 nitrogen and oxygen atoms in total. The Balaban J connectivity index is 2.74. The summed E-state index contributed by atoms with van der Waals surface area (Å²) >= 11 is 0. The number of hydrogen-bond donors (Lipinski definition) is 2. The Kier molecular flexibility index (Phi) is 3.30. The highest BCUT2D eigenvalue weighted by Crippen LogP contribution is 2.13. The summed E-state index contributed by atoms with van der Waals surface area (Å²) in [4.78, 5) is 11.6. The van der Waals surface area contributed by atoms with Gasteiger partial charge in [-0.3, -0.25) is 4.79 Å². The smallest absolute Gasteiger partial charge is 0.255 e. The third kappa shape index (κ3) is 2.35. The van der Waals surface area contributed by atoms with Crippen LogP contribution in [0.15, 0.2) is 10.5 Å². The van der Waals surface area contributed by atoms with Gasteiger partial charge in [0.1, 0.15) is 11.5 Å². The molecule has 78 valence electrons. The average Bonchev–Trinajstić information content (AvgIpc) is 2.45. The first-order valence-electron chi connectivity index (χ1n) is 4.53. The lowest BCUT2D eigenvalue weighted by Crippen LogP contribution is -2.35. The molecular formula is C10H15NO3. The van der Waals surface area contributed by atoms with E-state index in [-0.39, 0.29) is 18.6 Å². The van der Waals surface area contributed by atoms with E-state index in [2.05, 4.69) is 5.32 Å². The zero-order chi connectivity index (χ0) is 10.7. The fourth-order valence-electron chi connectivity index (χ4n) is 1.20. The van der Waals surface area contributed by atoms with Crippen LogP contribution in [0.2, 0.25) is 0 Å². The Morgan fingerprint density at radius 2 is 2.29 bits per heavy atom. The highest BCUT2D eigenvalue weighted by Gasteiger charge is 2.14. The fourth-order valence-corrected chi connectivity index (χ4v) is 1.20. The average molecular weight is 197 g/mol. The van der Waals surface area contributed by atoms with E-state index in [0.717, 1.165) is 0 Å². The van der Waals surface area contributed by atoms with Gasteiger partial charge in [0.2, 0.25) is 0 Å². The highest BCUT2D eigenvalue weighted by atomic mass is 16.3. The predicted molar refractivity (Wildman–Crippen MR) is 52.2 cm³/mol. The van der Waals surface area contributed by atoms with Gasteiger partial charge in [-0.1, -0.05) is 0 Å². The molecule has 1 aromatic heterocycles. The topological polar surface area (TPSA) is 62.5 Å². The number of nitrogens with one attached hydrogen (secondary N) is 1. The van der Waals surface area contributed by atoms with Gasteiger partial charge < -0.3 is 14.8 Å². The summed E-state index contributed by atoms with van der Waals surface area (Å²) in [6.07, 6.45) is 0. The SMILES string of the molecule is Cc1cc(C(=O)N[C@@H](C)CO)c(C)o1. The molecule has 1 heterocycles. The molecule has 0 spiro atoms. The summed E-state index contributed by atoms with van der Waals surface area (Å²) in [6.45, 7) is 5.20. The molecule has 1 aromatic rings. The molecule has 0 aromatic carbocycles. The number of hydrogen-bond acceptors (Lipinski definition) is 3. The van der Waals surface area contributed by atoms with Gasteiger partial charge in [-0.15, -0.1) is 0 Å². The van der Waals surface area contributed by atoms with E-state index in [0.29, 0.717) is 17.1 Å². The second kappa shape index (κ2) is 4.28. The molecule has 0 saturated carbocycles. The molecule has 0 bridgehead atoms. The number of aryl methyl sites for hydroxylation is 2. The molecule has 0 saturated heterocycles. The Morgan fingerprint density at radius 1 is 1.64 bits per heavy atom. The first-order valence-corrected chi connectivity index (χ1v) is 4.53. The molecule has 1 atom stereocenters. The van der Waals surface area contributed by atoms with E-state index in [9.17, 15) is 4.79 Å². The van der Waals surface area contributed by atoms with Gasteiger partial charge in [-0.05, 0) is 26.8 Å². The lowest BCUT2D eigenvalue weighted by Gasteiger charge is -2.09. The standard InChI is InChI=1S/C10H15NO3/c1-6(5-12)11-10(13)9-4-7(2)14-8(9)3/h4,6,12H,5H2,1-3H3,(H,11,13)/t6-/m0/s1. The van der Waals surface area contributed by atoms with Crippen molar-refractivity contribution < 1.29 is 14.3 Å². The zero-order valence-electron chi connectivity index (χ0n) is 8.63. The maximum Gasteiger partial charge on any atom is 0.255 e. The van der Waals surface area contributed by atoms with Crippen LogP contribution < -0.4 is 5.32 Å². The van der Waals surface area contributed by atoms with Crippen LogP contribution in [0.4, 0.5) is 0 Å². The normalized spacial score (nSPS) is 12.6. The van der Waals surface area contributed by atoms with Gasteiger partial charge >= 0.3 is 0 Å². The monoisotopic (exact) mass is 197 g/mol. The number of aliphatic hydroxyl groups is 1. The van der Waals surface area contributed by atoms with Crippen molar-refractivity contribution in [3.8, 4) is 0 Å². The quantitative estimate of drug-likeness (QED) is 0.760. The van der Waals surface area contributed by atoms with Gasteiger partial charge in [-0.25, -0.2) is 0 Å². The number of carbonyl (C=O) groups excluding carboxylic acids is 1. The third-order valence-electron chi connectivity index (χ3n) is 1.94. The number of aliphatic hydroxyl groups excluding tert-OH is 1. The van der Waals surface area contributed by atoms with E-state index in [1.54, 1.807) is 26.8 Å². The number of amides is 1. The minimum Gasteiger partial charge on any atom is -0.466 e. The van der Waals surface area contributed by atoms with Crippen LogP contribution in [0.25, 0.3) is 0 Å². The first kappa shape index (κ1) is 10.8. The van der Waals surface area contributed by atoms with E-state index in [1.165, 1.54) is 0 Å². The predicted octanol–water partition coefficient (Wildman–Crippen LogP) is 1.01. The van der Waals surface area contributed by atoms with Gasteiger partial charge in [0.25, 0.3) is 5.91 Å². The molecule has 14 heavy (non-hydrogen) atoms. The van der Waals surface area contributed by atoms with E-state index >= 15 is 0 Å². The van der Waals surface area contributed by atoms with Crippen molar-refractivity contribution >= 4 is 5.91 Å². The van der Waals surface area contributed by atoms with Gasteiger partial charge in [-0.2, -0.15) is 0 Å². The highest BCUT2D eigenvalue weighted by molar-refractivity contribution is 5.95. The van der Waals surface area contributed by atoms with Gasteiger partial charge in [0.05, 0.1) is 12.2 Å². The van der Waals surface area contributed by atoms with Crippen molar-refractivity contribution in [2.45, 2.75) is 26.8 Å². The Labute approximate surface area is 82.9 Å². The molecule has 0 radical (unpaired) electrons. The van der Waals surface area contributed by atoms with Gasteiger partial charge in [0.15, 0.2) is 0 Å². The molecular weight excluding hydrogens is 182 g/mol. The van der Waals surface area contributed by atoms with Crippen LogP contribution in [0.3, 0.4) is 0 Å². The van der Waals surface area contributed by atoms with Crippen LogP contribution >= 0.6 is 0 Å². The van der Waals surface area contributed by atoms with Crippen LogP contribution in [-0.2, 0) is 0 Å². The van der Waals surface area contributed by atoms with Gasteiger partial charge in [0, 0.05) is 6.04 Å². The minimum atomic E-state index is -0.239. The summed E-state index contributed by atoms with van der Waals surface area (Å²) in [5.74, 6) is 1.11. The van der Waals surface area contributed by atoms with E-state index in [1.807, 2.05) is 0 Å². The van der Waals surface area contributed by atoms with Crippen LogP contribution in [0.5, 0.6) is 0 Å². The second-order valence-electron chi connectivity index (χ2n) is 3.38. The molecule has 1 rings (SSSR count). The van der Waals surface area contributed by atoms with Crippen molar-refractivity contribution in [2.75, 3.05) is 6.61 Å². The Morgan fingerprint density at radius 3 is 2.71 bits per heavy atom. The van der Waals surface area contributed by atoms with Crippen molar-refractivity contribution in [3.63, 3.8) is 0 Å². The summed E-state index contributed by atoms with van der Waals surface area (Å²) in [6, 6.07) is 1.45. The maximum atomic E-state index is 11.6. The Hall–Kier alpha value is -1.29. The molecule has 1 amide bonds. The summed E-state index contributed by atoms with van der Waals surface area (Å²) in [5, 5.41) is 11.4. The second-order valence-corrected chi connectivity index (χ2v) is 3.38. The number of rotatable bonds is 3. The van der Waals surface area contributed by atoms with Crippen molar-refractivity contribution in [3.05, 3.63) is 23.2 Å². The van der Waals surface area contributed by atoms with Crippen LogP contribution in [0, 0.1) is 13.8 Å². The lowest BCUT2D eigenvalue weighted by atomic mass is 10.2. The molecule has 0 aliphatic heterocycles.